The molecule has 2 aromatic rings. The zero-order valence-electron chi connectivity index (χ0n) is 14.9. The van der Waals surface area contributed by atoms with Crippen LogP contribution in [0.25, 0.3) is 11.3 Å². The molecule has 1 aromatic heterocycles. The number of hydrogen-bond donors (Lipinski definition) is 2. The fourth-order valence-corrected chi connectivity index (χ4v) is 3.98. The van der Waals surface area contributed by atoms with E-state index in [0.717, 1.165) is 43.2 Å². The first kappa shape index (κ1) is 16.6. The Balaban J connectivity index is 1.41. The number of piperazine rings is 1. The molecule has 0 radical (unpaired) electrons. The summed E-state index contributed by atoms with van der Waals surface area (Å²) in [4.78, 5) is 5.21. The predicted octanol–water partition coefficient (Wildman–Crippen LogP) is 1.56. The van der Waals surface area contributed by atoms with Gasteiger partial charge in [0.1, 0.15) is 5.75 Å². The van der Waals surface area contributed by atoms with Crippen LogP contribution in [0.15, 0.2) is 30.5 Å². The molecule has 0 amide bonds. The molecule has 0 saturated carbocycles. The lowest BCUT2D eigenvalue weighted by atomic mass is 10.1. The summed E-state index contributed by atoms with van der Waals surface area (Å²) in [6.07, 6.45) is 3.24. The first-order valence-corrected chi connectivity index (χ1v) is 9.17. The first-order chi connectivity index (χ1) is 12.3. The minimum atomic E-state index is 0.707. The average Bonchev–Trinajstić information content (AvgIpc) is 3.33. The minimum Gasteiger partial charge on any atom is -0.497 e. The summed E-state index contributed by atoms with van der Waals surface area (Å²) in [6.45, 7) is 7.90. The van der Waals surface area contributed by atoms with E-state index in [1.807, 2.05) is 18.3 Å². The number of H-pyrrole nitrogens is 1. The summed E-state index contributed by atoms with van der Waals surface area (Å²) < 4.78 is 5.25. The number of benzene rings is 1. The van der Waals surface area contributed by atoms with Gasteiger partial charge in [-0.1, -0.05) is 0 Å². The summed E-state index contributed by atoms with van der Waals surface area (Å²) in [7, 11) is 1.69. The smallest absolute Gasteiger partial charge is 0.118 e. The van der Waals surface area contributed by atoms with E-state index in [0.29, 0.717) is 6.04 Å². The van der Waals surface area contributed by atoms with Crippen LogP contribution in [0.2, 0.25) is 0 Å². The lowest BCUT2D eigenvalue weighted by Crippen LogP contribution is -2.49. The quantitative estimate of drug-likeness (QED) is 0.864. The van der Waals surface area contributed by atoms with E-state index in [4.69, 9.17) is 4.74 Å². The fourth-order valence-electron chi connectivity index (χ4n) is 3.98. The van der Waals surface area contributed by atoms with Crippen molar-refractivity contribution in [3.05, 3.63) is 36.0 Å². The van der Waals surface area contributed by atoms with Gasteiger partial charge in [-0.25, -0.2) is 0 Å². The van der Waals surface area contributed by atoms with E-state index in [1.165, 1.54) is 31.6 Å². The summed E-state index contributed by atoms with van der Waals surface area (Å²) in [5.41, 5.74) is 3.55. The Morgan fingerprint density at radius 1 is 1.16 bits per heavy atom. The van der Waals surface area contributed by atoms with Crippen LogP contribution in [0.1, 0.15) is 12.0 Å². The number of aromatic nitrogens is 2. The molecule has 0 spiro atoms. The van der Waals surface area contributed by atoms with Crippen LogP contribution in [0.3, 0.4) is 0 Å². The summed E-state index contributed by atoms with van der Waals surface area (Å²) in [5, 5.41) is 10.9. The van der Waals surface area contributed by atoms with Crippen LogP contribution in [-0.4, -0.2) is 72.4 Å². The Labute approximate surface area is 149 Å². The molecule has 4 rings (SSSR count). The van der Waals surface area contributed by atoms with Crippen molar-refractivity contribution in [1.29, 1.82) is 0 Å². The minimum absolute atomic E-state index is 0.707. The van der Waals surface area contributed by atoms with Gasteiger partial charge in [-0.3, -0.25) is 14.9 Å². The molecule has 2 aliphatic heterocycles. The number of nitrogens with one attached hydrogen (secondary N) is 2. The molecule has 6 heteroatoms. The number of ether oxygens (including phenoxy) is 1. The number of rotatable bonds is 5. The third-order valence-electron chi connectivity index (χ3n) is 5.41. The van der Waals surface area contributed by atoms with Crippen molar-refractivity contribution in [2.75, 3.05) is 46.4 Å². The van der Waals surface area contributed by atoms with Gasteiger partial charge in [-0.15, -0.1) is 0 Å². The Hall–Kier alpha value is -1.89. The highest BCUT2D eigenvalue weighted by Crippen LogP contribution is 2.26. The third kappa shape index (κ3) is 3.71. The van der Waals surface area contributed by atoms with Gasteiger partial charge in [0.15, 0.2) is 0 Å². The van der Waals surface area contributed by atoms with Gasteiger partial charge in [-0.05, 0) is 30.7 Å². The van der Waals surface area contributed by atoms with Crippen molar-refractivity contribution in [2.45, 2.75) is 19.0 Å². The molecule has 1 aromatic carbocycles. The molecule has 2 aliphatic rings. The summed E-state index contributed by atoms with van der Waals surface area (Å²) in [6, 6.07) is 8.87. The maximum Gasteiger partial charge on any atom is 0.118 e. The fraction of sp³-hybridized carbons (Fsp3) is 0.526. The van der Waals surface area contributed by atoms with Gasteiger partial charge in [0.05, 0.1) is 19.0 Å². The zero-order chi connectivity index (χ0) is 17.1. The van der Waals surface area contributed by atoms with Crippen LogP contribution in [0.5, 0.6) is 5.75 Å². The van der Waals surface area contributed by atoms with Crippen molar-refractivity contribution in [2.24, 2.45) is 0 Å². The highest BCUT2D eigenvalue weighted by molar-refractivity contribution is 5.63. The number of hydrogen-bond acceptors (Lipinski definition) is 5. The number of nitrogens with zero attached hydrogens (tertiary/aromatic N) is 3. The van der Waals surface area contributed by atoms with Crippen LogP contribution >= 0.6 is 0 Å². The topological polar surface area (TPSA) is 56.4 Å². The second kappa shape index (κ2) is 7.56. The van der Waals surface area contributed by atoms with Crippen molar-refractivity contribution in [3.8, 4) is 17.0 Å². The Morgan fingerprint density at radius 2 is 1.96 bits per heavy atom. The van der Waals surface area contributed by atoms with Crippen LogP contribution in [0.4, 0.5) is 0 Å². The number of methoxy groups -OCH3 is 1. The highest BCUT2D eigenvalue weighted by atomic mass is 16.5. The summed E-state index contributed by atoms with van der Waals surface area (Å²) in [5.74, 6) is 0.878. The van der Waals surface area contributed by atoms with Gasteiger partial charge in [-0.2, -0.15) is 5.10 Å². The molecule has 0 bridgehead atoms. The molecule has 2 fully saturated rings. The Kier molecular flexibility index (Phi) is 5.01. The highest BCUT2D eigenvalue weighted by Gasteiger charge is 2.28. The maximum atomic E-state index is 5.25. The van der Waals surface area contributed by atoms with E-state index in [9.17, 15) is 0 Å². The van der Waals surface area contributed by atoms with Gasteiger partial charge < -0.3 is 10.1 Å². The van der Waals surface area contributed by atoms with Crippen molar-refractivity contribution < 1.29 is 4.74 Å². The molecular weight excluding hydrogens is 314 g/mol. The van der Waals surface area contributed by atoms with E-state index in [2.05, 4.69) is 37.4 Å². The molecule has 2 N–H and O–H groups in total. The first-order valence-electron chi connectivity index (χ1n) is 9.17. The van der Waals surface area contributed by atoms with Gasteiger partial charge in [0.25, 0.3) is 0 Å². The molecule has 25 heavy (non-hydrogen) atoms. The second-order valence-corrected chi connectivity index (χ2v) is 6.96. The van der Waals surface area contributed by atoms with Crippen LogP contribution in [-0.2, 0) is 6.54 Å². The molecule has 2 saturated heterocycles. The monoisotopic (exact) mass is 341 g/mol. The largest absolute Gasteiger partial charge is 0.497 e. The Morgan fingerprint density at radius 3 is 2.72 bits per heavy atom. The molecule has 1 unspecified atom stereocenters. The molecular formula is C19H27N5O. The SMILES string of the molecule is COc1ccc(-c2[nH]ncc2CN2CCC(N3CCNCC3)C2)cc1. The molecule has 3 heterocycles. The predicted molar refractivity (Wildman–Crippen MR) is 98.7 cm³/mol. The normalized spacial score (nSPS) is 22.4. The number of likely N-dealkylation sites (tertiary alicyclic amines) is 1. The second-order valence-electron chi connectivity index (χ2n) is 6.96. The molecule has 1 atom stereocenters. The van der Waals surface area contributed by atoms with Crippen LogP contribution in [0, 0.1) is 0 Å². The molecule has 134 valence electrons. The van der Waals surface area contributed by atoms with E-state index >= 15 is 0 Å². The molecule has 0 aliphatic carbocycles. The Bertz CT molecular complexity index is 677. The number of aromatic amines is 1. The van der Waals surface area contributed by atoms with Crippen molar-refractivity contribution in [1.82, 2.24) is 25.3 Å². The maximum absolute atomic E-state index is 5.25. The van der Waals surface area contributed by atoms with Gasteiger partial charge in [0, 0.05) is 63.0 Å². The summed E-state index contributed by atoms with van der Waals surface area (Å²) >= 11 is 0. The molecule has 6 nitrogen and oxygen atoms in total. The standard InChI is InChI=1S/C19H27N5O/c1-25-18-4-2-15(3-5-18)19-16(12-21-22-19)13-23-9-6-17(14-23)24-10-7-20-8-11-24/h2-5,12,17,20H,6-11,13-14H2,1H3,(H,21,22). The zero-order valence-corrected chi connectivity index (χ0v) is 14.9. The van der Waals surface area contributed by atoms with E-state index < -0.39 is 0 Å². The van der Waals surface area contributed by atoms with Crippen molar-refractivity contribution in [3.63, 3.8) is 0 Å². The van der Waals surface area contributed by atoms with Crippen molar-refractivity contribution >= 4 is 0 Å². The average molecular weight is 341 g/mol. The third-order valence-corrected chi connectivity index (χ3v) is 5.41. The van der Waals surface area contributed by atoms with Gasteiger partial charge >= 0.3 is 0 Å². The lowest BCUT2D eigenvalue weighted by molar-refractivity contribution is 0.170. The van der Waals surface area contributed by atoms with Crippen LogP contribution < -0.4 is 10.1 Å². The van der Waals surface area contributed by atoms with E-state index in [1.54, 1.807) is 7.11 Å². The van der Waals surface area contributed by atoms with E-state index in [-0.39, 0.29) is 0 Å². The van der Waals surface area contributed by atoms with Gasteiger partial charge in [0.2, 0.25) is 0 Å². The lowest BCUT2D eigenvalue weighted by Gasteiger charge is -2.32.